The van der Waals surface area contributed by atoms with E-state index in [1.165, 1.54) is 0 Å². The van der Waals surface area contributed by atoms with Gasteiger partial charge in [-0.2, -0.15) is 0 Å². The molecule has 0 spiro atoms. The Morgan fingerprint density at radius 3 is 3.00 bits per heavy atom. The zero-order valence-corrected chi connectivity index (χ0v) is 9.88. The maximum absolute atomic E-state index is 5.51. The molecule has 15 heavy (non-hydrogen) atoms. The molecule has 7 heteroatoms. The van der Waals surface area contributed by atoms with Gasteiger partial charge in [0.2, 0.25) is 0 Å². The monoisotopic (exact) mass is 241 g/mol. The summed E-state index contributed by atoms with van der Waals surface area (Å²) in [4.78, 5) is 4.20. The molecule has 0 aliphatic rings. The van der Waals surface area contributed by atoms with Crippen LogP contribution < -0.4 is 5.73 Å². The SMILES string of the molecule is Cn1c(CN)nnc1SCc1nccs1. The highest BCUT2D eigenvalue weighted by Crippen LogP contribution is 2.21. The minimum Gasteiger partial charge on any atom is -0.324 e. The number of thioether (sulfide) groups is 1. The van der Waals surface area contributed by atoms with Crippen molar-refractivity contribution in [3.63, 3.8) is 0 Å². The molecule has 2 aromatic rings. The van der Waals surface area contributed by atoms with Crippen LogP contribution in [0, 0.1) is 0 Å². The zero-order chi connectivity index (χ0) is 10.7. The molecule has 0 saturated heterocycles. The van der Waals surface area contributed by atoms with Gasteiger partial charge in [-0.3, -0.25) is 0 Å². The van der Waals surface area contributed by atoms with Crippen LogP contribution in [0.2, 0.25) is 0 Å². The van der Waals surface area contributed by atoms with E-state index in [2.05, 4.69) is 15.2 Å². The van der Waals surface area contributed by atoms with Gasteiger partial charge >= 0.3 is 0 Å². The molecule has 0 aliphatic heterocycles. The van der Waals surface area contributed by atoms with Crippen LogP contribution in [0.15, 0.2) is 16.7 Å². The second kappa shape index (κ2) is 4.73. The van der Waals surface area contributed by atoms with E-state index in [-0.39, 0.29) is 0 Å². The largest absolute Gasteiger partial charge is 0.324 e. The van der Waals surface area contributed by atoms with Crippen molar-refractivity contribution < 1.29 is 0 Å². The second-order valence-electron chi connectivity index (χ2n) is 2.88. The molecule has 0 radical (unpaired) electrons. The molecule has 0 bridgehead atoms. The summed E-state index contributed by atoms with van der Waals surface area (Å²) in [7, 11) is 1.92. The summed E-state index contributed by atoms with van der Waals surface area (Å²) in [5.41, 5.74) is 5.51. The summed E-state index contributed by atoms with van der Waals surface area (Å²) in [6, 6.07) is 0. The molecule has 0 unspecified atom stereocenters. The van der Waals surface area contributed by atoms with Gasteiger partial charge in [-0.05, 0) is 0 Å². The van der Waals surface area contributed by atoms with E-state index in [4.69, 9.17) is 5.73 Å². The first-order chi connectivity index (χ1) is 7.31. The summed E-state index contributed by atoms with van der Waals surface area (Å²) < 4.78 is 1.91. The summed E-state index contributed by atoms with van der Waals surface area (Å²) in [6.45, 7) is 0.418. The van der Waals surface area contributed by atoms with E-state index >= 15 is 0 Å². The molecular weight excluding hydrogens is 230 g/mol. The molecule has 2 heterocycles. The number of nitrogens with two attached hydrogens (primary N) is 1. The van der Waals surface area contributed by atoms with Gasteiger partial charge in [-0.25, -0.2) is 4.98 Å². The smallest absolute Gasteiger partial charge is 0.191 e. The van der Waals surface area contributed by atoms with Crippen molar-refractivity contribution in [1.29, 1.82) is 0 Å². The van der Waals surface area contributed by atoms with Gasteiger partial charge in [0.25, 0.3) is 0 Å². The van der Waals surface area contributed by atoms with Crippen LogP contribution in [-0.2, 0) is 19.3 Å². The van der Waals surface area contributed by atoms with Crippen molar-refractivity contribution in [2.24, 2.45) is 12.8 Å². The Hall–Kier alpha value is -0.920. The lowest BCUT2D eigenvalue weighted by atomic mass is 10.6. The fraction of sp³-hybridized carbons (Fsp3) is 0.375. The molecule has 5 nitrogen and oxygen atoms in total. The predicted octanol–water partition coefficient (Wildman–Crippen LogP) is 1.02. The van der Waals surface area contributed by atoms with Gasteiger partial charge in [0, 0.05) is 18.6 Å². The number of rotatable bonds is 4. The van der Waals surface area contributed by atoms with Gasteiger partial charge in [0.05, 0.1) is 12.3 Å². The van der Waals surface area contributed by atoms with Gasteiger partial charge in [-0.1, -0.05) is 11.8 Å². The minimum atomic E-state index is 0.418. The van der Waals surface area contributed by atoms with Crippen molar-refractivity contribution in [2.45, 2.75) is 17.5 Å². The Bertz CT molecular complexity index is 422. The Labute approximate surface area is 95.7 Å². The highest BCUT2D eigenvalue weighted by molar-refractivity contribution is 7.98. The highest BCUT2D eigenvalue weighted by Gasteiger charge is 2.08. The summed E-state index contributed by atoms with van der Waals surface area (Å²) in [5, 5.41) is 12.0. The van der Waals surface area contributed by atoms with Crippen LogP contribution in [0.5, 0.6) is 0 Å². The zero-order valence-electron chi connectivity index (χ0n) is 8.25. The Kier molecular flexibility index (Phi) is 3.34. The lowest BCUT2D eigenvalue weighted by Gasteiger charge is -2.00. The predicted molar refractivity (Wildman–Crippen MR) is 60.6 cm³/mol. The maximum Gasteiger partial charge on any atom is 0.191 e. The van der Waals surface area contributed by atoms with Crippen molar-refractivity contribution in [2.75, 3.05) is 0 Å². The van der Waals surface area contributed by atoms with Crippen molar-refractivity contribution in [3.8, 4) is 0 Å². The van der Waals surface area contributed by atoms with Crippen LogP contribution in [0.1, 0.15) is 10.8 Å². The molecule has 0 saturated carbocycles. The first-order valence-corrected chi connectivity index (χ1v) is 6.27. The van der Waals surface area contributed by atoms with Crippen molar-refractivity contribution in [1.82, 2.24) is 19.7 Å². The fourth-order valence-electron chi connectivity index (χ4n) is 1.10. The molecule has 0 fully saturated rings. The minimum absolute atomic E-state index is 0.418. The maximum atomic E-state index is 5.51. The van der Waals surface area contributed by atoms with E-state index in [1.54, 1.807) is 23.1 Å². The lowest BCUT2D eigenvalue weighted by Crippen LogP contribution is -2.05. The van der Waals surface area contributed by atoms with Gasteiger partial charge in [-0.15, -0.1) is 21.5 Å². The van der Waals surface area contributed by atoms with Gasteiger partial charge in [0.1, 0.15) is 10.8 Å². The summed E-state index contributed by atoms with van der Waals surface area (Å²) in [5.74, 6) is 1.63. The fourth-order valence-corrected chi connectivity index (χ4v) is 2.67. The van der Waals surface area contributed by atoms with Crippen LogP contribution >= 0.6 is 23.1 Å². The summed E-state index contributed by atoms with van der Waals surface area (Å²) in [6.07, 6.45) is 1.81. The van der Waals surface area contributed by atoms with E-state index in [0.717, 1.165) is 21.7 Å². The first-order valence-electron chi connectivity index (χ1n) is 4.40. The molecule has 80 valence electrons. The van der Waals surface area contributed by atoms with Crippen LogP contribution in [0.4, 0.5) is 0 Å². The normalized spacial score (nSPS) is 10.8. The van der Waals surface area contributed by atoms with Crippen molar-refractivity contribution >= 4 is 23.1 Å². The number of hydrogen-bond donors (Lipinski definition) is 1. The average Bonchev–Trinajstić information content (AvgIpc) is 2.85. The van der Waals surface area contributed by atoms with Crippen molar-refractivity contribution in [3.05, 3.63) is 22.4 Å². The molecule has 2 N–H and O–H groups in total. The topological polar surface area (TPSA) is 69.6 Å². The average molecular weight is 241 g/mol. The Morgan fingerprint density at radius 1 is 1.53 bits per heavy atom. The highest BCUT2D eigenvalue weighted by atomic mass is 32.2. The van der Waals surface area contributed by atoms with E-state index in [1.807, 2.05) is 23.2 Å². The van der Waals surface area contributed by atoms with Gasteiger partial charge < -0.3 is 10.3 Å². The number of hydrogen-bond acceptors (Lipinski definition) is 6. The standard InChI is InChI=1S/C8H11N5S2/c1-13-6(4-9)11-12-8(13)15-5-7-10-2-3-14-7/h2-3H,4-5,9H2,1H3. The van der Waals surface area contributed by atoms with Crippen LogP contribution in [-0.4, -0.2) is 19.7 Å². The molecule has 0 atom stereocenters. The molecule has 0 aromatic carbocycles. The molecule has 0 amide bonds. The number of nitrogens with zero attached hydrogens (tertiary/aromatic N) is 4. The van der Waals surface area contributed by atoms with Crippen LogP contribution in [0.3, 0.4) is 0 Å². The van der Waals surface area contributed by atoms with Gasteiger partial charge in [0.15, 0.2) is 5.16 Å². The molecule has 2 rings (SSSR count). The Balaban J connectivity index is 2.02. The molecular formula is C8H11N5S2. The first kappa shape index (κ1) is 10.6. The Morgan fingerprint density at radius 2 is 2.40 bits per heavy atom. The molecule has 2 aromatic heterocycles. The lowest BCUT2D eigenvalue weighted by molar-refractivity contribution is 0.734. The number of thiazole rings is 1. The third kappa shape index (κ3) is 2.36. The van der Waals surface area contributed by atoms with E-state index in [0.29, 0.717) is 6.54 Å². The molecule has 0 aliphatic carbocycles. The third-order valence-corrected chi connectivity index (χ3v) is 3.91. The number of aromatic nitrogens is 4. The second-order valence-corrected chi connectivity index (χ2v) is 4.80. The van der Waals surface area contributed by atoms with E-state index in [9.17, 15) is 0 Å². The third-order valence-electron chi connectivity index (χ3n) is 1.92. The van der Waals surface area contributed by atoms with E-state index < -0.39 is 0 Å². The quantitative estimate of drug-likeness (QED) is 0.809. The summed E-state index contributed by atoms with van der Waals surface area (Å²) >= 11 is 3.27. The van der Waals surface area contributed by atoms with Crippen LogP contribution in [0.25, 0.3) is 0 Å².